The van der Waals surface area contributed by atoms with E-state index >= 15 is 0 Å². The fraction of sp³-hybridized carbons (Fsp3) is 0.409. The molecular weight excluding hydrogens is 372 g/mol. The molecule has 6 heteroatoms. The van der Waals surface area contributed by atoms with Crippen LogP contribution >= 0.6 is 0 Å². The van der Waals surface area contributed by atoms with Gasteiger partial charge in [-0.2, -0.15) is 0 Å². The van der Waals surface area contributed by atoms with Crippen LogP contribution in [0.2, 0.25) is 0 Å². The number of nitrogens with one attached hydrogen (secondary N) is 1. The molecule has 0 bridgehead atoms. The van der Waals surface area contributed by atoms with Crippen LogP contribution in [0.4, 0.5) is 5.69 Å². The van der Waals surface area contributed by atoms with Gasteiger partial charge < -0.3 is 5.32 Å². The van der Waals surface area contributed by atoms with Gasteiger partial charge in [-0.1, -0.05) is 24.3 Å². The first-order valence-electron chi connectivity index (χ1n) is 9.64. The van der Waals surface area contributed by atoms with Crippen molar-refractivity contribution in [1.82, 2.24) is 5.32 Å². The third-order valence-electron chi connectivity index (χ3n) is 5.61. The second kappa shape index (κ2) is 7.95. The molecule has 1 N–H and O–H groups in total. The molecule has 150 valence electrons. The Kier molecular flexibility index (Phi) is 5.79. The molecule has 0 aromatic heterocycles. The average Bonchev–Trinajstić information content (AvgIpc) is 2.66. The predicted molar refractivity (Wildman–Crippen MR) is 113 cm³/mol. The maximum atomic E-state index is 12.9. The lowest BCUT2D eigenvalue weighted by Gasteiger charge is -2.22. The maximum Gasteiger partial charge on any atom is 0.252 e. The lowest BCUT2D eigenvalue weighted by molar-refractivity contribution is 0.0939. The second-order valence-corrected chi connectivity index (χ2v) is 9.62. The summed E-state index contributed by atoms with van der Waals surface area (Å²) in [6.45, 7) is 3.75. The fourth-order valence-electron chi connectivity index (χ4n) is 3.77. The first-order valence-corrected chi connectivity index (χ1v) is 11.5. The van der Waals surface area contributed by atoms with Crippen molar-refractivity contribution in [1.29, 1.82) is 0 Å². The summed E-state index contributed by atoms with van der Waals surface area (Å²) in [6.07, 6.45) is 5.85. The van der Waals surface area contributed by atoms with Crippen LogP contribution in [0.1, 0.15) is 58.4 Å². The zero-order chi connectivity index (χ0) is 20.5. The van der Waals surface area contributed by atoms with E-state index in [4.69, 9.17) is 0 Å². The number of hydrogen-bond acceptors (Lipinski definition) is 3. The van der Waals surface area contributed by atoms with Gasteiger partial charge in [0.15, 0.2) is 0 Å². The highest BCUT2D eigenvalue weighted by Gasteiger charge is 2.20. The Morgan fingerprint density at radius 1 is 1.11 bits per heavy atom. The van der Waals surface area contributed by atoms with Crippen LogP contribution in [0.25, 0.3) is 0 Å². The van der Waals surface area contributed by atoms with Crippen molar-refractivity contribution in [3.05, 3.63) is 64.2 Å². The van der Waals surface area contributed by atoms with Crippen molar-refractivity contribution in [3.8, 4) is 0 Å². The molecule has 3 rings (SSSR count). The lowest BCUT2D eigenvalue weighted by Crippen LogP contribution is -2.29. The first-order chi connectivity index (χ1) is 13.2. The van der Waals surface area contributed by atoms with Crippen LogP contribution in [0.3, 0.4) is 0 Å². The monoisotopic (exact) mass is 400 g/mol. The number of fused-ring (bicyclic) bond motifs is 1. The predicted octanol–water partition coefficient (Wildman–Crippen LogP) is 3.76. The molecular formula is C22H28N2O3S. The molecule has 0 spiro atoms. The molecule has 2 aromatic carbocycles. The summed E-state index contributed by atoms with van der Waals surface area (Å²) in [5.74, 6) is -0.202. The van der Waals surface area contributed by atoms with E-state index in [1.807, 2.05) is 6.92 Å². The molecule has 2 aromatic rings. The zero-order valence-electron chi connectivity index (χ0n) is 17.0. The quantitative estimate of drug-likeness (QED) is 0.831. The Balaban J connectivity index is 1.81. The van der Waals surface area contributed by atoms with Crippen LogP contribution < -0.4 is 9.62 Å². The number of anilines is 1. The number of benzene rings is 2. The highest BCUT2D eigenvalue weighted by atomic mass is 32.2. The van der Waals surface area contributed by atoms with Crippen molar-refractivity contribution < 1.29 is 13.2 Å². The Bertz CT molecular complexity index is 999. The number of carbonyl (C=O) groups is 1. The molecule has 28 heavy (non-hydrogen) atoms. The van der Waals surface area contributed by atoms with Crippen LogP contribution in [0.15, 0.2) is 36.4 Å². The highest BCUT2D eigenvalue weighted by Crippen LogP contribution is 2.27. The minimum atomic E-state index is -3.39. The van der Waals surface area contributed by atoms with Gasteiger partial charge in [-0.3, -0.25) is 9.10 Å². The van der Waals surface area contributed by atoms with E-state index in [0.29, 0.717) is 16.8 Å². The summed E-state index contributed by atoms with van der Waals surface area (Å²) in [5.41, 5.74) is 5.54. The van der Waals surface area contributed by atoms with Crippen molar-refractivity contribution in [2.24, 2.45) is 0 Å². The minimum absolute atomic E-state index is 0.129. The molecule has 0 saturated heterocycles. The van der Waals surface area contributed by atoms with Crippen LogP contribution in [0, 0.1) is 6.92 Å². The van der Waals surface area contributed by atoms with E-state index < -0.39 is 10.0 Å². The topological polar surface area (TPSA) is 66.5 Å². The fourth-order valence-corrected chi connectivity index (χ4v) is 4.32. The van der Waals surface area contributed by atoms with Gasteiger partial charge in [0.05, 0.1) is 18.0 Å². The third kappa shape index (κ3) is 4.22. The molecule has 0 fully saturated rings. The van der Waals surface area contributed by atoms with Gasteiger partial charge in [0.1, 0.15) is 0 Å². The number of amides is 1. The number of sulfonamides is 1. The molecule has 0 radical (unpaired) electrons. The van der Waals surface area contributed by atoms with Crippen molar-refractivity contribution >= 4 is 21.6 Å². The summed E-state index contributed by atoms with van der Waals surface area (Å²) in [7, 11) is -1.90. The van der Waals surface area contributed by atoms with Crippen molar-refractivity contribution in [3.63, 3.8) is 0 Å². The van der Waals surface area contributed by atoms with E-state index in [9.17, 15) is 13.2 Å². The van der Waals surface area contributed by atoms with E-state index in [-0.39, 0.29) is 11.9 Å². The van der Waals surface area contributed by atoms with Crippen LogP contribution in [-0.4, -0.2) is 27.6 Å². The van der Waals surface area contributed by atoms with Crippen LogP contribution in [0.5, 0.6) is 0 Å². The molecule has 1 aliphatic carbocycles. The van der Waals surface area contributed by atoms with Gasteiger partial charge in [0.2, 0.25) is 10.0 Å². The summed E-state index contributed by atoms with van der Waals surface area (Å²) in [5, 5.41) is 3.06. The minimum Gasteiger partial charge on any atom is -0.346 e. The summed E-state index contributed by atoms with van der Waals surface area (Å²) >= 11 is 0. The zero-order valence-corrected chi connectivity index (χ0v) is 17.8. The van der Waals surface area contributed by atoms with Crippen molar-refractivity contribution in [2.45, 2.75) is 45.6 Å². The molecule has 0 unspecified atom stereocenters. The number of aryl methyl sites for hydroxylation is 2. The van der Waals surface area contributed by atoms with Gasteiger partial charge >= 0.3 is 0 Å². The molecule has 0 aliphatic heterocycles. The van der Waals surface area contributed by atoms with Crippen LogP contribution in [-0.2, 0) is 22.9 Å². The third-order valence-corrected chi connectivity index (χ3v) is 6.80. The summed E-state index contributed by atoms with van der Waals surface area (Å²) < 4.78 is 24.9. The molecule has 1 amide bonds. The number of rotatable bonds is 5. The standard InChI is InChI=1S/C22H28N2O3S/c1-15-20(10-7-11-21(15)24(3)28(4,26)27)22(25)23-16(2)18-13-12-17-8-5-6-9-19(17)14-18/h7,10-14,16H,5-6,8-9H2,1-4H3,(H,23,25)/t16-/m1/s1. The van der Waals surface area contributed by atoms with Gasteiger partial charge in [0, 0.05) is 12.6 Å². The molecule has 0 heterocycles. The Labute approximate surface area is 167 Å². The summed E-state index contributed by atoms with van der Waals surface area (Å²) in [4.78, 5) is 12.9. The maximum absolute atomic E-state index is 12.9. The Hall–Kier alpha value is -2.34. The average molecular weight is 401 g/mol. The largest absolute Gasteiger partial charge is 0.346 e. The SMILES string of the molecule is Cc1c(C(=O)N[C@H](C)c2ccc3c(c2)CCCC3)cccc1N(C)S(C)(=O)=O. The van der Waals surface area contributed by atoms with Gasteiger partial charge in [-0.05, 0) is 73.9 Å². The van der Waals surface area contributed by atoms with Gasteiger partial charge in [0.25, 0.3) is 5.91 Å². The Morgan fingerprint density at radius 2 is 1.79 bits per heavy atom. The normalized spacial score (nSPS) is 14.9. The van der Waals surface area contributed by atoms with Crippen molar-refractivity contribution in [2.75, 3.05) is 17.6 Å². The first kappa shape index (κ1) is 20.4. The molecule has 5 nitrogen and oxygen atoms in total. The van der Waals surface area contributed by atoms with E-state index in [0.717, 1.165) is 24.7 Å². The molecule has 1 atom stereocenters. The number of nitrogens with zero attached hydrogens (tertiary/aromatic N) is 1. The highest BCUT2D eigenvalue weighted by molar-refractivity contribution is 7.92. The van der Waals surface area contributed by atoms with E-state index in [1.165, 1.54) is 35.3 Å². The van der Waals surface area contributed by atoms with E-state index in [2.05, 4.69) is 23.5 Å². The number of hydrogen-bond donors (Lipinski definition) is 1. The lowest BCUT2D eigenvalue weighted by atomic mass is 9.89. The number of carbonyl (C=O) groups excluding carboxylic acids is 1. The van der Waals surface area contributed by atoms with E-state index in [1.54, 1.807) is 25.1 Å². The smallest absolute Gasteiger partial charge is 0.252 e. The van der Waals surface area contributed by atoms with Gasteiger partial charge in [-0.15, -0.1) is 0 Å². The molecule has 0 saturated carbocycles. The second-order valence-electron chi connectivity index (χ2n) is 7.61. The molecule has 1 aliphatic rings. The van der Waals surface area contributed by atoms with Gasteiger partial charge in [-0.25, -0.2) is 8.42 Å². The Morgan fingerprint density at radius 3 is 2.46 bits per heavy atom. The summed E-state index contributed by atoms with van der Waals surface area (Å²) in [6, 6.07) is 11.5.